The van der Waals surface area contributed by atoms with E-state index in [0.717, 1.165) is 0 Å². The Morgan fingerprint density at radius 3 is 2.42 bits per heavy atom. The minimum Gasteiger partial charge on any atom is -0.493 e. The van der Waals surface area contributed by atoms with Crippen molar-refractivity contribution in [3.05, 3.63) is 52.5 Å². The highest BCUT2D eigenvalue weighted by atomic mass is 35.5. The average molecular weight is 477 g/mol. The summed E-state index contributed by atoms with van der Waals surface area (Å²) in [6.07, 6.45) is 0. The maximum absolute atomic E-state index is 12.7. The predicted octanol–water partition coefficient (Wildman–Crippen LogP) is 3.91. The molecule has 0 atom stereocenters. The Morgan fingerprint density at radius 1 is 1.16 bits per heavy atom. The van der Waals surface area contributed by atoms with E-state index in [9.17, 15) is 22.0 Å². The average Bonchev–Trinajstić information content (AvgIpc) is 2.71. The highest BCUT2D eigenvalue weighted by Gasteiger charge is 2.25. The normalized spacial score (nSPS) is 11.8. The van der Waals surface area contributed by atoms with E-state index in [2.05, 4.69) is 10.1 Å². The van der Waals surface area contributed by atoms with E-state index in [4.69, 9.17) is 16.3 Å². The van der Waals surface area contributed by atoms with Gasteiger partial charge in [0.05, 0.1) is 22.6 Å². The van der Waals surface area contributed by atoms with Gasteiger partial charge in [-0.3, -0.25) is 4.79 Å². The summed E-state index contributed by atoms with van der Waals surface area (Å²) in [5.41, 5.74) is 0.538. The van der Waals surface area contributed by atoms with Crippen LogP contribution in [0, 0.1) is 0 Å². The molecule has 2 aromatic carbocycles. The fraction of sp³-hybridized carbons (Fsp3) is 0.350. The molecule has 0 radical (unpaired) electrons. The van der Waals surface area contributed by atoms with E-state index in [1.54, 1.807) is 13.8 Å². The highest BCUT2D eigenvalue weighted by molar-refractivity contribution is 7.89. The summed E-state index contributed by atoms with van der Waals surface area (Å²) in [6.45, 7) is 0.475. The maximum Gasteiger partial charge on any atom is 0.387 e. The van der Waals surface area contributed by atoms with Crippen LogP contribution in [0.1, 0.15) is 29.8 Å². The second-order valence-electron chi connectivity index (χ2n) is 6.80. The summed E-state index contributed by atoms with van der Waals surface area (Å²) in [5.74, 6) is -0.654. The number of halogens is 3. The Kier molecular flexibility index (Phi) is 8.21. The van der Waals surface area contributed by atoms with Crippen LogP contribution < -0.4 is 14.8 Å². The first-order valence-corrected chi connectivity index (χ1v) is 11.0. The molecule has 0 aromatic heterocycles. The Bertz CT molecular complexity index is 1050. The van der Waals surface area contributed by atoms with Crippen molar-refractivity contribution in [1.82, 2.24) is 9.62 Å². The van der Waals surface area contributed by atoms with Crippen LogP contribution in [-0.2, 0) is 16.6 Å². The summed E-state index contributed by atoms with van der Waals surface area (Å²) in [5, 5.41) is 2.71. The molecule has 0 saturated heterocycles. The number of rotatable bonds is 9. The molecule has 0 spiro atoms. The zero-order valence-corrected chi connectivity index (χ0v) is 18.9. The lowest BCUT2D eigenvalue weighted by molar-refractivity contribution is -0.0512. The van der Waals surface area contributed by atoms with Gasteiger partial charge in [0.1, 0.15) is 0 Å². The number of hydrogen-bond acceptors (Lipinski definition) is 5. The second kappa shape index (κ2) is 10.3. The van der Waals surface area contributed by atoms with Gasteiger partial charge in [-0.25, -0.2) is 8.42 Å². The third-order valence-electron chi connectivity index (χ3n) is 4.48. The number of alkyl halides is 2. The topological polar surface area (TPSA) is 84.9 Å². The molecule has 1 N–H and O–H groups in total. The van der Waals surface area contributed by atoms with Gasteiger partial charge < -0.3 is 14.8 Å². The fourth-order valence-corrected chi connectivity index (χ4v) is 4.17. The number of benzene rings is 2. The molecule has 2 rings (SSSR count). The lowest BCUT2D eigenvalue weighted by Gasteiger charge is -2.21. The van der Waals surface area contributed by atoms with E-state index >= 15 is 0 Å². The molecular weight excluding hydrogens is 454 g/mol. The highest BCUT2D eigenvalue weighted by Crippen LogP contribution is 2.29. The Labute approximate surface area is 185 Å². The number of methoxy groups -OCH3 is 1. The van der Waals surface area contributed by atoms with Crippen molar-refractivity contribution in [2.75, 3.05) is 14.2 Å². The number of nitrogens with one attached hydrogen (secondary N) is 1. The van der Waals surface area contributed by atoms with Gasteiger partial charge in [-0.2, -0.15) is 13.1 Å². The van der Waals surface area contributed by atoms with E-state index in [-0.39, 0.29) is 39.6 Å². The van der Waals surface area contributed by atoms with Crippen molar-refractivity contribution in [1.29, 1.82) is 0 Å². The van der Waals surface area contributed by atoms with Crippen LogP contribution in [0.3, 0.4) is 0 Å². The summed E-state index contributed by atoms with van der Waals surface area (Å²) in [4.78, 5) is 12.6. The van der Waals surface area contributed by atoms with Crippen LogP contribution in [0.15, 0.2) is 41.3 Å². The number of hydrogen-bond donors (Lipinski definition) is 1. The van der Waals surface area contributed by atoms with Gasteiger partial charge in [0.2, 0.25) is 10.0 Å². The SMILES string of the molecule is COc1cc(CNC(=O)c2cc(S(=O)(=O)N(C)C(C)C)ccc2Cl)ccc1OC(F)F. The molecule has 0 aliphatic carbocycles. The standard InChI is InChI=1S/C20H23ClF2N2O5S/c1-12(2)25(3)31(27,28)14-6-7-16(21)15(10-14)19(26)24-11-13-5-8-17(30-20(22)23)18(9-13)29-4/h5-10,12,20H,11H2,1-4H3,(H,24,26). The smallest absolute Gasteiger partial charge is 0.387 e. The van der Waals surface area contributed by atoms with Gasteiger partial charge in [0.25, 0.3) is 5.91 Å². The van der Waals surface area contributed by atoms with Gasteiger partial charge in [0.15, 0.2) is 11.5 Å². The molecule has 11 heteroatoms. The molecule has 31 heavy (non-hydrogen) atoms. The van der Waals surface area contributed by atoms with E-state index in [1.807, 2.05) is 0 Å². The number of sulfonamides is 1. The lowest BCUT2D eigenvalue weighted by atomic mass is 10.1. The largest absolute Gasteiger partial charge is 0.493 e. The van der Waals surface area contributed by atoms with E-state index in [1.165, 1.54) is 54.9 Å². The minimum atomic E-state index is -3.80. The fourth-order valence-electron chi connectivity index (χ4n) is 2.58. The molecule has 0 heterocycles. The van der Waals surface area contributed by atoms with Crippen molar-refractivity contribution < 1.29 is 31.5 Å². The number of amides is 1. The lowest BCUT2D eigenvalue weighted by Crippen LogP contribution is -2.33. The van der Waals surface area contributed by atoms with Crippen molar-refractivity contribution >= 4 is 27.5 Å². The van der Waals surface area contributed by atoms with E-state index in [0.29, 0.717) is 5.56 Å². The molecule has 0 aliphatic rings. The summed E-state index contributed by atoms with van der Waals surface area (Å²) < 4.78 is 60.8. The molecule has 0 fully saturated rings. The summed E-state index contributed by atoms with van der Waals surface area (Å²) >= 11 is 6.11. The maximum atomic E-state index is 12.7. The Morgan fingerprint density at radius 2 is 1.84 bits per heavy atom. The third-order valence-corrected chi connectivity index (χ3v) is 6.84. The summed E-state index contributed by atoms with van der Waals surface area (Å²) in [7, 11) is -1.05. The molecule has 0 bridgehead atoms. The van der Waals surface area contributed by atoms with Gasteiger partial charge in [0, 0.05) is 19.6 Å². The van der Waals surface area contributed by atoms with Gasteiger partial charge in [-0.15, -0.1) is 0 Å². The van der Waals surface area contributed by atoms with Crippen LogP contribution >= 0.6 is 11.6 Å². The molecule has 0 saturated carbocycles. The first kappa shape index (κ1) is 24.8. The van der Waals surface area contributed by atoms with Crippen molar-refractivity contribution in [3.63, 3.8) is 0 Å². The molecule has 7 nitrogen and oxygen atoms in total. The first-order chi connectivity index (χ1) is 14.5. The number of nitrogens with zero attached hydrogens (tertiary/aromatic N) is 1. The number of carbonyl (C=O) groups is 1. The number of carbonyl (C=O) groups excluding carboxylic acids is 1. The molecular formula is C20H23ClF2N2O5S. The quantitative estimate of drug-likeness (QED) is 0.593. The Hall–Kier alpha value is -2.43. The van der Waals surface area contributed by atoms with Crippen LogP contribution in [0.25, 0.3) is 0 Å². The summed E-state index contributed by atoms with van der Waals surface area (Å²) in [6, 6.07) is 7.85. The number of ether oxygens (including phenoxy) is 2. The van der Waals surface area contributed by atoms with Crippen molar-refractivity contribution in [2.24, 2.45) is 0 Å². The minimum absolute atomic E-state index is 0.00971. The molecule has 1 amide bonds. The van der Waals surface area contributed by atoms with Crippen LogP contribution in [-0.4, -0.2) is 45.4 Å². The van der Waals surface area contributed by atoms with Gasteiger partial charge in [-0.1, -0.05) is 17.7 Å². The zero-order chi connectivity index (χ0) is 23.3. The third kappa shape index (κ3) is 6.05. The molecule has 2 aromatic rings. The van der Waals surface area contributed by atoms with Crippen LogP contribution in [0.4, 0.5) is 8.78 Å². The molecule has 0 aliphatic heterocycles. The van der Waals surface area contributed by atoms with Crippen LogP contribution in [0.2, 0.25) is 5.02 Å². The molecule has 170 valence electrons. The van der Waals surface area contributed by atoms with Gasteiger partial charge in [-0.05, 0) is 49.7 Å². The zero-order valence-electron chi connectivity index (χ0n) is 17.4. The predicted molar refractivity (Wildman–Crippen MR) is 112 cm³/mol. The second-order valence-corrected chi connectivity index (χ2v) is 9.21. The van der Waals surface area contributed by atoms with Crippen molar-refractivity contribution in [2.45, 2.75) is 37.9 Å². The van der Waals surface area contributed by atoms with E-state index < -0.39 is 22.5 Å². The van der Waals surface area contributed by atoms with Crippen molar-refractivity contribution in [3.8, 4) is 11.5 Å². The van der Waals surface area contributed by atoms with Crippen LogP contribution in [0.5, 0.6) is 11.5 Å². The van der Waals surface area contributed by atoms with Gasteiger partial charge >= 0.3 is 6.61 Å². The Balaban J connectivity index is 2.21. The first-order valence-electron chi connectivity index (χ1n) is 9.15. The monoisotopic (exact) mass is 476 g/mol. The molecule has 0 unspecified atom stereocenters.